The van der Waals surface area contributed by atoms with E-state index in [0.29, 0.717) is 18.1 Å². The summed E-state index contributed by atoms with van der Waals surface area (Å²) < 4.78 is 25.8. The Morgan fingerprint density at radius 3 is 2.76 bits per heavy atom. The minimum Gasteiger partial charge on any atom is -0.304 e. The van der Waals surface area contributed by atoms with Crippen LogP contribution in [0.2, 0.25) is 0 Å². The molecule has 7 heteroatoms. The number of nitrogens with one attached hydrogen (secondary N) is 1. The van der Waals surface area contributed by atoms with E-state index in [9.17, 15) is 8.42 Å². The van der Waals surface area contributed by atoms with E-state index in [1.807, 2.05) is 31.3 Å². The molecule has 1 N–H and O–H groups in total. The van der Waals surface area contributed by atoms with Gasteiger partial charge in [-0.2, -0.15) is 0 Å². The Morgan fingerprint density at radius 2 is 2.18 bits per heavy atom. The molecule has 0 aliphatic heterocycles. The second-order valence-electron chi connectivity index (χ2n) is 4.16. The Balaban J connectivity index is 2.59. The van der Waals surface area contributed by atoms with Gasteiger partial charge in [-0.3, -0.25) is 4.72 Å². The number of thiazole rings is 1. The number of sulfonamides is 1. The van der Waals surface area contributed by atoms with Crippen molar-refractivity contribution in [3.8, 4) is 0 Å². The lowest BCUT2D eigenvalue weighted by Gasteiger charge is -2.06. The third kappa shape index (κ3) is 5.47. The third-order valence-corrected chi connectivity index (χ3v) is 4.31. The summed E-state index contributed by atoms with van der Waals surface area (Å²) in [5.41, 5.74) is 0.883. The van der Waals surface area contributed by atoms with Crippen molar-refractivity contribution in [2.45, 2.75) is 26.3 Å². The Bertz CT molecular complexity index is 440. The third-order valence-electron chi connectivity index (χ3n) is 2.04. The van der Waals surface area contributed by atoms with Crippen LogP contribution in [0.25, 0.3) is 0 Å². The molecule has 0 atom stereocenters. The SMILES string of the molecule is CCCCS(=O)(=O)Nc1nc(CN(C)C)cs1. The molecule has 98 valence electrons. The molecular formula is C10H19N3O2S2. The monoisotopic (exact) mass is 277 g/mol. The largest absolute Gasteiger partial charge is 0.304 e. The molecular weight excluding hydrogens is 258 g/mol. The van der Waals surface area contributed by atoms with Gasteiger partial charge in [0.25, 0.3) is 0 Å². The molecule has 0 aromatic carbocycles. The van der Waals surface area contributed by atoms with Gasteiger partial charge in [0.1, 0.15) is 0 Å². The molecule has 0 amide bonds. The first-order valence-corrected chi connectivity index (χ1v) is 8.06. The number of hydrogen-bond acceptors (Lipinski definition) is 5. The fourth-order valence-corrected chi connectivity index (χ4v) is 3.47. The highest BCUT2D eigenvalue weighted by molar-refractivity contribution is 7.92. The minimum absolute atomic E-state index is 0.159. The van der Waals surface area contributed by atoms with Crippen LogP contribution in [0, 0.1) is 0 Å². The highest BCUT2D eigenvalue weighted by Crippen LogP contribution is 2.17. The normalized spacial score (nSPS) is 12.0. The Hall–Kier alpha value is -0.660. The molecule has 0 saturated heterocycles. The standard InChI is InChI=1S/C10H19N3O2S2/c1-4-5-6-17(14,15)12-10-11-9(8-16-10)7-13(2)3/h8H,4-7H2,1-3H3,(H,11,12). The molecule has 0 bridgehead atoms. The molecule has 1 aromatic heterocycles. The lowest BCUT2D eigenvalue weighted by atomic mass is 10.4. The second kappa shape index (κ2) is 6.32. The van der Waals surface area contributed by atoms with E-state index < -0.39 is 10.0 Å². The lowest BCUT2D eigenvalue weighted by molar-refractivity contribution is 0.398. The molecule has 0 aliphatic rings. The van der Waals surface area contributed by atoms with E-state index in [1.165, 1.54) is 11.3 Å². The fraction of sp³-hybridized carbons (Fsp3) is 0.700. The van der Waals surface area contributed by atoms with Gasteiger partial charge in [-0.25, -0.2) is 13.4 Å². The van der Waals surface area contributed by atoms with E-state index in [4.69, 9.17) is 0 Å². The first-order valence-electron chi connectivity index (χ1n) is 5.52. The average molecular weight is 277 g/mol. The van der Waals surface area contributed by atoms with Gasteiger partial charge in [0.05, 0.1) is 11.4 Å². The number of rotatable bonds is 7. The van der Waals surface area contributed by atoms with Crippen molar-refractivity contribution < 1.29 is 8.42 Å². The van der Waals surface area contributed by atoms with Gasteiger partial charge in [-0.15, -0.1) is 11.3 Å². The number of anilines is 1. The number of nitrogens with zero attached hydrogens (tertiary/aromatic N) is 2. The van der Waals surface area contributed by atoms with E-state index in [1.54, 1.807) is 0 Å². The van der Waals surface area contributed by atoms with Crippen molar-refractivity contribution in [3.05, 3.63) is 11.1 Å². The maximum absolute atomic E-state index is 11.6. The van der Waals surface area contributed by atoms with Gasteiger partial charge in [0.15, 0.2) is 5.13 Å². The first kappa shape index (κ1) is 14.4. The number of hydrogen-bond donors (Lipinski definition) is 1. The van der Waals surface area contributed by atoms with Crippen molar-refractivity contribution in [2.24, 2.45) is 0 Å². The average Bonchev–Trinajstić information content (AvgIpc) is 2.60. The Morgan fingerprint density at radius 1 is 1.47 bits per heavy atom. The molecule has 1 aromatic rings. The van der Waals surface area contributed by atoms with Gasteiger partial charge in [0, 0.05) is 11.9 Å². The van der Waals surface area contributed by atoms with Crippen molar-refractivity contribution in [2.75, 3.05) is 24.6 Å². The predicted molar refractivity (Wildman–Crippen MR) is 71.8 cm³/mol. The van der Waals surface area contributed by atoms with Gasteiger partial charge in [-0.05, 0) is 20.5 Å². The van der Waals surface area contributed by atoms with Crippen LogP contribution in [0.3, 0.4) is 0 Å². The van der Waals surface area contributed by atoms with Crippen LogP contribution < -0.4 is 4.72 Å². The van der Waals surface area contributed by atoms with Crippen molar-refractivity contribution >= 4 is 26.5 Å². The summed E-state index contributed by atoms with van der Waals surface area (Å²) in [4.78, 5) is 6.22. The van der Waals surface area contributed by atoms with Gasteiger partial charge in [-0.1, -0.05) is 13.3 Å². The summed E-state index contributed by atoms with van der Waals surface area (Å²) in [5.74, 6) is 0.159. The van der Waals surface area contributed by atoms with Crippen molar-refractivity contribution in [3.63, 3.8) is 0 Å². The number of unbranched alkanes of at least 4 members (excludes halogenated alkanes) is 1. The smallest absolute Gasteiger partial charge is 0.234 e. The van der Waals surface area contributed by atoms with Crippen LogP contribution in [0.4, 0.5) is 5.13 Å². The topological polar surface area (TPSA) is 62.3 Å². The number of aromatic nitrogens is 1. The van der Waals surface area contributed by atoms with E-state index >= 15 is 0 Å². The van der Waals surface area contributed by atoms with Crippen LogP contribution >= 0.6 is 11.3 Å². The van der Waals surface area contributed by atoms with E-state index in [0.717, 1.165) is 12.1 Å². The zero-order valence-corrected chi connectivity index (χ0v) is 12.1. The summed E-state index contributed by atoms with van der Waals surface area (Å²) in [6.45, 7) is 2.68. The maximum Gasteiger partial charge on any atom is 0.234 e. The predicted octanol–water partition coefficient (Wildman–Crippen LogP) is 1.75. The van der Waals surface area contributed by atoms with Crippen LogP contribution in [-0.2, 0) is 16.6 Å². The molecule has 0 spiro atoms. The first-order chi connectivity index (χ1) is 7.93. The molecule has 0 aliphatic carbocycles. The molecule has 0 radical (unpaired) electrons. The van der Waals surface area contributed by atoms with Crippen molar-refractivity contribution in [1.82, 2.24) is 9.88 Å². The summed E-state index contributed by atoms with van der Waals surface area (Å²) in [5, 5.41) is 2.33. The fourth-order valence-electron chi connectivity index (χ4n) is 1.27. The minimum atomic E-state index is -3.23. The molecule has 1 rings (SSSR count). The van der Waals surface area contributed by atoms with Crippen LogP contribution in [0.1, 0.15) is 25.5 Å². The lowest BCUT2D eigenvalue weighted by Crippen LogP contribution is -2.16. The second-order valence-corrected chi connectivity index (χ2v) is 6.86. The van der Waals surface area contributed by atoms with Gasteiger partial charge in [0.2, 0.25) is 10.0 Å². The zero-order chi connectivity index (χ0) is 12.9. The molecule has 0 unspecified atom stereocenters. The van der Waals surface area contributed by atoms with E-state index in [-0.39, 0.29) is 5.75 Å². The Kier molecular flexibility index (Phi) is 5.35. The molecule has 17 heavy (non-hydrogen) atoms. The highest BCUT2D eigenvalue weighted by atomic mass is 32.2. The molecule has 1 heterocycles. The van der Waals surface area contributed by atoms with Crippen LogP contribution in [0.5, 0.6) is 0 Å². The molecule has 5 nitrogen and oxygen atoms in total. The van der Waals surface area contributed by atoms with Gasteiger partial charge < -0.3 is 4.90 Å². The maximum atomic E-state index is 11.6. The highest BCUT2D eigenvalue weighted by Gasteiger charge is 2.12. The Labute approximate surface area is 107 Å². The van der Waals surface area contributed by atoms with Crippen LogP contribution in [-0.4, -0.2) is 38.1 Å². The summed E-state index contributed by atoms with van der Waals surface area (Å²) >= 11 is 1.32. The summed E-state index contributed by atoms with van der Waals surface area (Å²) in [7, 11) is 0.670. The van der Waals surface area contributed by atoms with Crippen LogP contribution in [0.15, 0.2) is 5.38 Å². The summed E-state index contributed by atoms with van der Waals surface area (Å²) in [6.07, 6.45) is 1.54. The summed E-state index contributed by atoms with van der Waals surface area (Å²) in [6, 6.07) is 0. The van der Waals surface area contributed by atoms with E-state index in [2.05, 4.69) is 9.71 Å². The van der Waals surface area contributed by atoms with Gasteiger partial charge >= 0.3 is 0 Å². The molecule has 0 fully saturated rings. The molecule has 0 saturated carbocycles. The van der Waals surface area contributed by atoms with Crippen molar-refractivity contribution in [1.29, 1.82) is 0 Å². The quantitative estimate of drug-likeness (QED) is 0.824. The zero-order valence-electron chi connectivity index (χ0n) is 10.4.